The summed E-state index contributed by atoms with van der Waals surface area (Å²) in [5, 5.41) is 38.1. The van der Waals surface area contributed by atoms with Gasteiger partial charge in [0.25, 0.3) is 0 Å². The summed E-state index contributed by atoms with van der Waals surface area (Å²) < 4.78 is 0. The van der Waals surface area contributed by atoms with Crippen LogP contribution < -0.4 is 0 Å². The molecule has 4 heteroatoms. The number of aromatic hydroxyl groups is 1. The van der Waals surface area contributed by atoms with Gasteiger partial charge in [-0.15, -0.1) is 0 Å². The van der Waals surface area contributed by atoms with Gasteiger partial charge in [0, 0.05) is 18.8 Å². The van der Waals surface area contributed by atoms with Gasteiger partial charge in [-0.25, -0.2) is 0 Å². The van der Waals surface area contributed by atoms with E-state index in [1.807, 2.05) is 0 Å². The highest BCUT2D eigenvalue weighted by atomic mass is 16.5. The fraction of sp³-hybridized carbons (Fsp3) is 0.500. The molecular formula is C12H16O4. The molecule has 1 aromatic carbocycles. The van der Waals surface area contributed by atoms with E-state index in [1.54, 1.807) is 12.1 Å². The van der Waals surface area contributed by atoms with Crippen LogP contribution in [0.3, 0.4) is 0 Å². The molecule has 1 aliphatic rings. The first-order valence-electron chi connectivity index (χ1n) is 5.40. The fourth-order valence-electron chi connectivity index (χ4n) is 2.23. The Bertz CT molecular complexity index is 358. The van der Waals surface area contributed by atoms with E-state index in [-0.39, 0.29) is 24.5 Å². The highest BCUT2D eigenvalue weighted by Gasteiger charge is 2.37. The maximum Gasteiger partial charge on any atom is 0.163 e. The minimum absolute atomic E-state index is 0.124. The Hall–Kier alpha value is -1.10. The molecule has 0 aromatic heterocycles. The molecule has 0 radical (unpaired) electrons. The Morgan fingerprint density at radius 3 is 2.38 bits per heavy atom. The number of phenols is 1. The molecule has 0 aliphatic heterocycles. The third-order valence-electron chi connectivity index (χ3n) is 3.17. The Morgan fingerprint density at radius 2 is 1.75 bits per heavy atom. The zero-order valence-electron chi connectivity index (χ0n) is 8.87. The summed E-state index contributed by atoms with van der Waals surface area (Å²) in [6.07, 6.45) is 0.136. The lowest BCUT2D eigenvalue weighted by molar-refractivity contribution is -0.197. The van der Waals surface area contributed by atoms with Crippen molar-refractivity contribution in [2.75, 3.05) is 0 Å². The maximum atomic E-state index is 9.84. The second-order valence-corrected chi connectivity index (χ2v) is 4.49. The first kappa shape index (κ1) is 11.4. The van der Waals surface area contributed by atoms with Gasteiger partial charge in [0.15, 0.2) is 5.79 Å². The van der Waals surface area contributed by atoms with Crippen molar-refractivity contribution in [1.29, 1.82) is 0 Å². The van der Waals surface area contributed by atoms with E-state index in [2.05, 4.69) is 0 Å². The van der Waals surface area contributed by atoms with E-state index in [0.717, 1.165) is 5.56 Å². The zero-order chi connectivity index (χ0) is 11.8. The van der Waals surface area contributed by atoms with Gasteiger partial charge in [0.05, 0.1) is 6.10 Å². The lowest BCUT2D eigenvalue weighted by Crippen LogP contribution is -2.40. The van der Waals surface area contributed by atoms with Crippen molar-refractivity contribution in [3.05, 3.63) is 29.8 Å². The van der Waals surface area contributed by atoms with E-state index in [4.69, 9.17) is 5.11 Å². The first-order chi connectivity index (χ1) is 7.48. The Labute approximate surface area is 93.8 Å². The van der Waals surface area contributed by atoms with Crippen molar-refractivity contribution >= 4 is 0 Å². The number of benzene rings is 1. The molecule has 0 saturated heterocycles. The van der Waals surface area contributed by atoms with Crippen molar-refractivity contribution in [3.8, 4) is 5.75 Å². The van der Waals surface area contributed by atoms with Crippen LogP contribution in [0.5, 0.6) is 5.75 Å². The van der Waals surface area contributed by atoms with Crippen LogP contribution in [0.4, 0.5) is 0 Å². The number of aliphatic hydroxyl groups excluding tert-OH is 1. The molecule has 0 heterocycles. The van der Waals surface area contributed by atoms with Gasteiger partial charge in [-0.1, -0.05) is 12.1 Å². The SMILES string of the molecule is Oc1ccc(C2CC(O)(O)CCC2O)cc1. The largest absolute Gasteiger partial charge is 0.508 e. The van der Waals surface area contributed by atoms with Crippen molar-refractivity contribution in [2.45, 2.75) is 37.1 Å². The normalized spacial score (nSPS) is 28.9. The third kappa shape index (κ3) is 2.35. The van der Waals surface area contributed by atoms with E-state index in [9.17, 15) is 15.3 Å². The van der Waals surface area contributed by atoms with E-state index >= 15 is 0 Å². The van der Waals surface area contributed by atoms with Gasteiger partial charge in [-0.2, -0.15) is 0 Å². The van der Waals surface area contributed by atoms with Gasteiger partial charge in [-0.3, -0.25) is 0 Å². The van der Waals surface area contributed by atoms with Crippen LogP contribution in [0, 0.1) is 0 Å². The second kappa shape index (κ2) is 4.05. The standard InChI is InChI=1S/C12H16O4/c13-9-3-1-8(2-4-9)10-7-12(15,16)6-5-11(10)14/h1-4,10-11,13-16H,5-7H2. The second-order valence-electron chi connectivity index (χ2n) is 4.49. The van der Waals surface area contributed by atoms with Crippen molar-refractivity contribution in [3.63, 3.8) is 0 Å². The molecule has 1 saturated carbocycles. The monoisotopic (exact) mass is 224 g/mol. The van der Waals surface area contributed by atoms with Gasteiger partial charge in [-0.05, 0) is 24.1 Å². The van der Waals surface area contributed by atoms with Crippen molar-refractivity contribution < 1.29 is 20.4 Å². The molecule has 1 fully saturated rings. The summed E-state index contributed by atoms with van der Waals surface area (Å²) in [6, 6.07) is 6.47. The molecule has 88 valence electrons. The van der Waals surface area contributed by atoms with E-state index in [1.165, 1.54) is 12.1 Å². The maximum absolute atomic E-state index is 9.84. The number of aliphatic hydroxyl groups is 3. The quantitative estimate of drug-likeness (QED) is 0.529. The van der Waals surface area contributed by atoms with Crippen LogP contribution in [0.2, 0.25) is 0 Å². The molecule has 1 aliphatic carbocycles. The van der Waals surface area contributed by atoms with Crippen LogP contribution in [0.25, 0.3) is 0 Å². The van der Waals surface area contributed by atoms with Crippen molar-refractivity contribution in [2.24, 2.45) is 0 Å². The highest BCUT2D eigenvalue weighted by Crippen LogP contribution is 2.37. The molecule has 0 amide bonds. The van der Waals surface area contributed by atoms with E-state index < -0.39 is 11.9 Å². The predicted octanol–water partition coefficient (Wildman–Crippen LogP) is 0.702. The number of hydrogen-bond acceptors (Lipinski definition) is 4. The van der Waals surface area contributed by atoms with Gasteiger partial charge >= 0.3 is 0 Å². The number of phenolic OH excluding ortho intramolecular Hbond substituents is 1. The van der Waals surface area contributed by atoms with Crippen LogP contribution >= 0.6 is 0 Å². The molecule has 2 unspecified atom stereocenters. The minimum Gasteiger partial charge on any atom is -0.508 e. The lowest BCUT2D eigenvalue weighted by Gasteiger charge is -2.36. The van der Waals surface area contributed by atoms with Crippen LogP contribution in [-0.4, -0.2) is 32.3 Å². The molecule has 2 atom stereocenters. The Morgan fingerprint density at radius 1 is 1.12 bits per heavy atom. The van der Waals surface area contributed by atoms with Crippen LogP contribution in [0.1, 0.15) is 30.7 Å². The van der Waals surface area contributed by atoms with Crippen LogP contribution in [0.15, 0.2) is 24.3 Å². The summed E-state index contributed by atoms with van der Waals surface area (Å²) >= 11 is 0. The minimum atomic E-state index is -1.69. The molecule has 16 heavy (non-hydrogen) atoms. The molecule has 4 nitrogen and oxygen atoms in total. The highest BCUT2D eigenvalue weighted by molar-refractivity contribution is 5.29. The van der Waals surface area contributed by atoms with Crippen molar-refractivity contribution in [1.82, 2.24) is 0 Å². The topological polar surface area (TPSA) is 80.9 Å². The van der Waals surface area contributed by atoms with E-state index in [0.29, 0.717) is 6.42 Å². The summed E-state index contributed by atoms with van der Waals surface area (Å²) in [5.41, 5.74) is 0.817. The average molecular weight is 224 g/mol. The fourth-order valence-corrected chi connectivity index (χ4v) is 2.23. The Balaban J connectivity index is 2.21. The van der Waals surface area contributed by atoms with Gasteiger partial charge in [0.1, 0.15) is 5.75 Å². The lowest BCUT2D eigenvalue weighted by atomic mass is 9.78. The predicted molar refractivity (Wildman–Crippen MR) is 57.9 cm³/mol. The summed E-state index contributed by atoms with van der Waals surface area (Å²) in [5.74, 6) is -1.82. The average Bonchev–Trinajstić information content (AvgIpc) is 2.23. The number of hydrogen-bond donors (Lipinski definition) is 4. The molecule has 2 rings (SSSR count). The first-order valence-corrected chi connectivity index (χ1v) is 5.40. The molecule has 4 N–H and O–H groups in total. The summed E-state index contributed by atoms with van der Waals surface area (Å²) in [7, 11) is 0. The smallest absolute Gasteiger partial charge is 0.163 e. The summed E-state index contributed by atoms with van der Waals surface area (Å²) in [4.78, 5) is 0. The third-order valence-corrected chi connectivity index (χ3v) is 3.17. The molecule has 1 aromatic rings. The van der Waals surface area contributed by atoms with Gasteiger partial charge in [0.2, 0.25) is 0 Å². The zero-order valence-corrected chi connectivity index (χ0v) is 8.87. The number of rotatable bonds is 1. The molecule has 0 spiro atoms. The van der Waals surface area contributed by atoms with Crippen LogP contribution in [-0.2, 0) is 0 Å². The van der Waals surface area contributed by atoms with Gasteiger partial charge < -0.3 is 20.4 Å². The molecular weight excluding hydrogens is 208 g/mol. The summed E-state index contributed by atoms with van der Waals surface area (Å²) in [6.45, 7) is 0. The Kier molecular flexibility index (Phi) is 2.88. The molecule has 0 bridgehead atoms.